The minimum absolute atomic E-state index is 0.0200. The van der Waals surface area contributed by atoms with Crippen LogP contribution >= 0.6 is 0 Å². The van der Waals surface area contributed by atoms with Gasteiger partial charge in [-0.3, -0.25) is 19.5 Å². The molecule has 1 N–H and O–H groups in total. The van der Waals surface area contributed by atoms with Gasteiger partial charge in [0.15, 0.2) is 0 Å². The molecule has 4 rings (SSSR count). The second-order valence-electron chi connectivity index (χ2n) is 6.53. The Balaban J connectivity index is 1.64. The molecule has 3 aromatic rings. The highest BCUT2D eigenvalue weighted by Crippen LogP contribution is 2.31. The summed E-state index contributed by atoms with van der Waals surface area (Å²) in [4.78, 5) is 39.4. The van der Waals surface area contributed by atoms with Crippen LogP contribution in [0.2, 0.25) is 0 Å². The van der Waals surface area contributed by atoms with Gasteiger partial charge >= 0.3 is 0 Å². The monoisotopic (exact) mass is 349 g/mol. The lowest BCUT2D eigenvalue weighted by atomic mass is 10.0. The maximum atomic E-state index is 12.8. The number of nitrogens with one attached hydrogen (secondary N) is 1. The number of H-pyrrole nitrogens is 1. The summed E-state index contributed by atoms with van der Waals surface area (Å²) in [5, 5.41) is 3.19. The highest BCUT2D eigenvalue weighted by molar-refractivity contribution is 5.81. The number of amides is 1. The first-order valence-electron chi connectivity index (χ1n) is 8.71. The fourth-order valence-electron chi connectivity index (χ4n) is 3.67. The van der Waals surface area contributed by atoms with Crippen molar-refractivity contribution >= 4 is 16.7 Å². The van der Waals surface area contributed by atoms with Crippen molar-refractivity contribution in [3.8, 4) is 0 Å². The van der Waals surface area contributed by atoms with Crippen molar-refractivity contribution < 1.29 is 4.79 Å². The Morgan fingerprint density at radius 3 is 2.46 bits per heavy atom. The summed E-state index contributed by atoms with van der Waals surface area (Å²) >= 11 is 0. The van der Waals surface area contributed by atoms with Crippen LogP contribution in [0.5, 0.6) is 0 Å². The third kappa shape index (κ3) is 2.83. The molecule has 6 heteroatoms. The largest absolute Gasteiger partial charge is 0.334 e. The molecule has 6 nitrogen and oxygen atoms in total. The van der Waals surface area contributed by atoms with Crippen LogP contribution in [0.1, 0.15) is 24.4 Å². The van der Waals surface area contributed by atoms with Gasteiger partial charge in [0.2, 0.25) is 5.91 Å². The van der Waals surface area contributed by atoms with E-state index in [9.17, 15) is 14.4 Å². The SMILES string of the molecule is O=C(Cn1[nH]c(=O)c2ccccc2c1=O)N1CCC[C@H]1c1ccccc1. The Labute approximate surface area is 149 Å². The lowest BCUT2D eigenvalue weighted by molar-refractivity contribution is -0.133. The van der Waals surface area contributed by atoms with Gasteiger partial charge in [0.25, 0.3) is 11.1 Å². The normalized spacial score (nSPS) is 16.9. The Hall–Kier alpha value is -3.15. The first kappa shape index (κ1) is 16.3. The van der Waals surface area contributed by atoms with Crippen LogP contribution < -0.4 is 11.1 Å². The van der Waals surface area contributed by atoms with E-state index in [0.717, 1.165) is 23.1 Å². The molecule has 0 spiro atoms. The van der Waals surface area contributed by atoms with Crippen molar-refractivity contribution in [3.05, 3.63) is 80.9 Å². The van der Waals surface area contributed by atoms with E-state index in [1.165, 1.54) is 0 Å². The fourth-order valence-corrected chi connectivity index (χ4v) is 3.67. The molecular weight excluding hydrogens is 330 g/mol. The summed E-state index contributed by atoms with van der Waals surface area (Å²) in [5.74, 6) is -0.163. The Morgan fingerprint density at radius 2 is 1.69 bits per heavy atom. The van der Waals surface area contributed by atoms with Gasteiger partial charge in [-0.2, -0.15) is 0 Å². The van der Waals surface area contributed by atoms with E-state index in [2.05, 4.69) is 5.10 Å². The van der Waals surface area contributed by atoms with Gasteiger partial charge in [-0.15, -0.1) is 0 Å². The molecule has 0 aliphatic carbocycles. The number of likely N-dealkylation sites (tertiary alicyclic amines) is 1. The average molecular weight is 349 g/mol. The molecule has 1 aromatic heterocycles. The third-order valence-corrected chi connectivity index (χ3v) is 4.93. The minimum Gasteiger partial charge on any atom is -0.334 e. The Morgan fingerprint density at radius 1 is 1.00 bits per heavy atom. The number of hydrogen-bond donors (Lipinski definition) is 1. The second-order valence-corrected chi connectivity index (χ2v) is 6.53. The fraction of sp³-hybridized carbons (Fsp3) is 0.250. The number of aromatic nitrogens is 2. The maximum Gasteiger partial charge on any atom is 0.273 e. The molecule has 132 valence electrons. The van der Waals surface area contributed by atoms with Crippen molar-refractivity contribution in [3.63, 3.8) is 0 Å². The van der Waals surface area contributed by atoms with E-state index in [0.29, 0.717) is 17.3 Å². The number of carbonyl (C=O) groups is 1. The molecule has 26 heavy (non-hydrogen) atoms. The van der Waals surface area contributed by atoms with Gasteiger partial charge in [-0.05, 0) is 30.5 Å². The summed E-state index contributed by atoms with van der Waals surface area (Å²) in [7, 11) is 0. The Kier molecular flexibility index (Phi) is 4.16. The van der Waals surface area contributed by atoms with Crippen LogP contribution in [0.3, 0.4) is 0 Å². The van der Waals surface area contributed by atoms with E-state index < -0.39 is 0 Å². The average Bonchev–Trinajstić information content (AvgIpc) is 3.16. The molecule has 1 aliphatic heterocycles. The third-order valence-electron chi connectivity index (χ3n) is 4.93. The van der Waals surface area contributed by atoms with E-state index in [1.54, 1.807) is 29.2 Å². The summed E-state index contributed by atoms with van der Waals surface area (Å²) in [6.45, 7) is 0.493. The Bertz CT molecular complexity index is 1070. The lowest BCUT2D eigenvalue weighted by Crippen LogP contribution is -2.39. The molecule has 1 amide bonds. The summed E-state index contributed by atoms with van der Waals surface area (Å²) in [6, 6.07) is 16.5. The van der Waals surface area contributed by atoms with Gasteiger partial charge in [0.1, 0.15) is 6.54 Å². The predicted octanol–water partition coefficient (Wildman–Crippen LogP) is 2.05. The van der Waals surface area contributed by atoms with Gasteiger partial charge < -0.3 is 4.90 Å². The lowest BCUT2D eigenvalue weighted by Gasteiger charge is -2.25. The van der Waals surface area contributed by atoms with Crippen molar-refractivity contribution in [1.29, 1.82) is 0 Å². The van der Waals surface area contributed by atoms with Crippen LogP contribution in [0.15, 0.2) is 64.2 Å². The number of hydrogen-bond acceptors (Lipinski definition) is 3. The molecule has 1 aliphatic rings. The van der Waals surface area contributed by atoms with Crippen LogP contribution in [0.25, 0.3) is 10.8 Å². The van der Waals surface area contributed by atoms with Crippen LogP contribution in [-0.2, 0) is 11.3 Å². The molecule has 0 radical (unpaired) electrons. The first-order chi connectivity index (χ1) is 12.6. The van der Waals surface area contributed by atoms with Crippen LogP contribution in [0.4, 0.5) is 0 Å². The molecule has 1 atom stereocenters. The molecule has 0 saturated carbocycles. The molecular formula is C20H19N3O3. The van der Waals surface area contributed by atoms with E-state index in [-0.39, 0.29) is 29.6 Å². The molecule has 0 unspecified atom stereocenters. The predicted molar refractivity (Wildman–Crippen MR) is 99.0 cm³/mol. The van der Waals surface area contributed by atoms with Gasteiger partial charge in [0, 0.05) is 6.54 Å². The molecule has 1 saturated heterocycles. The zero-order valence-corrected chi connectivity index (χ0v) is 14.2. The van der Waals surface area contributed by atoms with Gasteiger partial charge in [-0.1, -0.05) is 42.5 Å². The molecule has 2 heterocycles. The van der Waals surface area contributed by atoms with E-state index in [1.807, 2.05) is 30.3 Å². The first-order valence-corrected chi connectivity index (χ1v) is 8.71. The topological polar surface area (TPSA) is 75.2 Å². The quantitative estimate of drug-likeness (QED) is 0.786. The van der Waals surface area contributed by atoms with Crippen molar-refractivity contribution in [1.82, 2.24) is 14.7 Å². The van der Waals surface area contributed by atoms with Crippen LogP contribution in [-0.4, -0.2) is 27.1 Å². The van der Waals surface area contributed by atoms with E-state index in [4.69, 9.17) is 0 Å². The molecule has 0 bridgehead atoms. The highest BCUT2D eigenvalue weighted by Gasteiger charge is 2.30. The summed E-state index contributed by atoms with van der Waals surface area (Å²) in [5.41, 5.74) is 0.371. The van der Waals surface area contributed by atoms with Gasteiger partial charge in [0.05, 0.1) is 16.8 Å². The van der Waals surface area contributed by atoms with Crippen molar-refractivity contribution in [2.45, 2.75) is 25.4 Å². The molecule has 1 fully saturated rings. The smallest absolute Gasteiger partial charge is 0.273 e. The zero-order chi connectivity index (χ0) is 18.1. The molecule has 2 aromatic carbocycles. The number of rotatable bonds is 3. The number of nitrogens with zero attached hydrogens (tertiary/aromatic N) is 2. The number of benzene rings is 2. The number of aromatic amines is 1. The zero-order valence-electron chi connectivity index (χ0n) is 14.2. The second kappa shape index (κ2) is 6.63. The van der Waals surface area contributed by atoms with Gasteiger partial charge in [-0.25, -0.2) is 4.68 Å². The van der Waals surface area contributed by atoms with E-state index >= 15 is 0 Å². The minimum atomic E-state index is -0.367. The van der Waals surface area contributed by atoms with Crippen molar-refractivity contribution in [2.24, 2.45) is 0 Å². The maximum absolute atomic E-state index is 12.8. The standard InChI is InChI=1S/C20H19N3O3/c24-18(22-12-6-11-17(22)14-7-2-1-3-8-14)13-23-20(26)16-10-5-4-9-15(16)19(25)21-23/h1-5,7-10,17H,6,11-13H2,(H,21,25)/t17-/m0/s1. The number of fused-ring (bicyclic) bond motifs is 1. The van der Waals surface area contributed by atoms with Crippen LogP contribution in [0, 0.1) is 0 Å². The summed E-state index contributed by atoms with van der Waals surface area (Å²) in [6.07, 6.45) is 1.83. The number of carbonyl (C=O) groups excluding carboxylic acids is 1. The summed E-state index contributed by atoms with van der Waals surface area (Å²) < 4.78 is 1.12. The highest BCUT2D eigenvalue weighted by atomic mass is 16.2. The van der Waals surface area contributed by atoms with Crippen molar-refractivity contribution in [2.75, 3.05) is 6.54 Å².